The van der Waals surface area contributed by atoms with Gasteiger partial charge >= 0.3 is 0 Å². The van der Waals surface area contributed by atoms with Crippen molar-refractivity contribution in [2.45, 2.75) is 50.2 Å². The van der Waals surface area contributed by atoms with Crippen LogP contribution in [0.3, 0.4) is 0 Å². The molecule has 0 aromatic rings. The number of carbonyl (C=O) groups is 1. The molecule has 2 N–H and O–H groups in total. The average molecular weight is 172 g/mol. The lowest BCUT2D eigenvalue weighted by molar-refractivity contribution is -0.118. The van der Waals surface area contributed by atoms with E-state index in [-0.39, 0.29) is 6.42 Å². The Labute approximate surface area is 72.4 Å². The molecule has 0 aliphatic heterocycles. The monoisotopic (exact) mass is 172 g/mol. The predicted octanol–water partition coefficient (Wildman–Crippen LogP) is 0.632. The van der Waals surface area contributed by atoms with Crippen LogP contribution in [0.1, 0.15) is 39.0 Å². The fourth-order valence-electron chi connectivity index (χ4n) is 1.61. The van der Waals surface area contributed by atoms with E-state index in [0.717, 1.165) is 6.29 Å². The molecule has 0 saturated heterocycles. The van der Waals surface area contributed by atoms with E-state index in [1.54, 1.807) is 6.92 Å². The summed E-state index contributed by atoms with van der Waals surface area (Å²) in [4.78, 5) is 10.2. The highest BCUT2D eigenvalue weighted by atomic mass is 16.3. The summed E-state index contributed by atoms with van der Waals surface area (Å²) in [5, 5.41) is 19.3. The molecule has 0 aromatic heterocycles. The zero-order chi connectivity index (χ0) is 9.24. The van der Waals surface area contributed by atoms with Crippen LogP contribution in [0.2, 0.25) is 0 Å². The Bertz CT molecular complexity index is 165. The zero-order valence-electron chi connectivity index (χ0n) is 7.42. The molecule has 0 spiro atoms. The van der Waals surface area contributed by atoms with Crippen LogP contribution in [0.15, 0.2) is 0 Å². The van der Waals surface area contributed by atoms with Crippen LogP contribution in [-0.2, 0) is 4.79 Å². The summed E-state index contributed by atoms with van der Waals surface area (Å²) in [6.45, 7) is 1.77. The van der Waals surface area contributed by atoms with Gasteiger partial charge in [0.1, 0.15) is 6.29 Å². The van der Waals surface area contributed by atoms with E-state index in [1.165, 1.54) is 0 Å². The molecule has 3 heteroatoms. The van der Waals surface area contributed by atoms with Crippen molar-refractivity contribution >= 4 is 6.29 Å². The Hall–Kier alpha value is -0.410. The molecule has 12 heavy (non-hydrogen) atoms. The van der Waals surface area contributed by atoms with Gasteiger partial charge in [-0.3, -0.25) is 0 Å². The third kappa shape index (κ3) is 2.29. The molecule has 1 aliphatic carbocycles. The Balaban J connectivity index is 2.49. The SMILES string of the molecule is C[C@]1(O)CC[C@@](O)(CC=O)CC1. The molecule has 0 radical (unpaired) electrons. The van der Waals surface area contributed by atoms with Crippen molar-refractivity contribution in [3.05, 3.63) is 0 Å². The summed E-state index contributed by atoms with van der Waals surface area (Å²) in [6.07, 6.45) is 3.16. The van der Waals surface area contributed by atoms with Gasteiger partial charge in [0.05, 0.1) is 11.2 Å². The minimum Gasteiger partial charge on any atom is -0.390 e. The number of aliphatic hydroxyl groups is 2. The summed E-state index contributed by atoms with van der Waals surface area (Å²) in [5.74, 6) is 0. The lowest BCUT2D eigenvalue weighted by Gasteiger charge is -2.38. The zero-order valence-corrected chi connectivity index (χ0v) is 7.42. The fraction of sp³-hybridized carbons (Fsp3) is 0.889. The highest BCUT2D eigenvalue weighted by Gasteiger charge is 2.37. The first-order valence-corrected chi connectivity index (χ1v) is 4.36. The lowest BCUT2D eigenvalue weighted by atomic mass is 9.76. The van der Waals surface area contributed by atoms with Gasteiger partial charge in [0, 0.05) is 6.42 Å². The van der Waals surface area contributed by atoms with Crippen molar-refractivity contribution in [2.75, 3.05) is 0 Å². The van der Waals surface area contributed by atoms with E-state index in [4.69, 9.17) is 0 Å². The Kier molecular flexibility index (Phi) is 2.54. The van der Waals surface area contributed by atoms with E-state index >= 15 is 0 Å². The second-order valence-corrected chi connectivity index (χ2v) is 4.09. The minimum atomic E-state index is -0.843. The van der Waals surface area contributed by atoms with Crippen molar-refractivity contribution in [2.24, 2.45) is 0 Å². The van der Waals surface area contributed by atoms with Crippen molar-refractivity contribution in [1.29, 1.82) is 0 Å². The second kappa shape index (κ2) is 3.15. The van der Waals surface area contributed by atoms with Crippen LogP contribution < -0.4 is 0 Å². The highest BCUT2D eigenvalue weighted by Crippen LogP contribution is 2.35. The van der Waals surface area contributed by atoms with Gasteiger partial charge in [-0.05, 0) is 32.6 Å². The molecular formula is C9H16O3. The normalized spacial score (nSPS) is 42.6. The Morgan fingerprint density at radius 3 is 2.17 bits per heavy atom. The van der Waals surface area contributed by atoms with Crippen molar-refractivity contribution < 1.29 is 15.0 Å². The largest absolute Gasteiger partial charge is 0.390 e. The maximum Gasteiger partial charge on any atom is 0.122 e. The predicted molar refractivity (Wildman–Crippen MR) is 44.7 cm³/mol. The first kappa shape index (κ1) is 9.68. The second-order valence-electron chi connectivity index (χ2n) is 4.09. The number of hydrogen-bond donors (Lipinski definition) is 2. The first-order valence-electron chi connectivity index (χ1n) is 4.36. The van der Waals surface area contributed by atoms with Crippen LogP contribution in [0, 0.1) is 0 Å². The Morgan fingerprint density at radius 2 is 1.75 bits per heavy atom. The molecule has 1 aliphatic rings. The quantitative estimate of drug-likeness (QED) is 0.601. The third-order valence-electron chi connectivity index (χ3n) is 2.72. The number of rotatable bonds is 2. The van der Waals surface area contributed by atoms with Crippen molar-refractivity contribution in [3.8, 4) is 0 Å². The molecule has 1 fully saturated rings. The van der Waals surface area contributed by atoms with Crippen molar-refractivity contribution in [1.82, 2.24) is 0 Å². The van der Waals surface area contributed by atoms with Crippen LogP contribution in [0.5, 0.6) is 0 Å². The van der Waals surface area contributed by atoms with Gasteiger partial charge in [-0.25, -0.2) is 0 Å². The van der Waals surface area contributed by atoms with E-state index in [9.17, 15) is 15.0 Å². The van der Waals surface area contributed by atoms with Gasteiger partial charge in [0.2, 0.25) is 0 Å². The first-order chi connectivity index (χ1) is 5.47. The van der Waals surface area contributed by atoms with Gasteiger partial charge in [-0.2, -0.15) is 0 Å². The van der Waals surface area contributed by atoms with Gasteiger partial charge in [-0.1, -0.05) is 0 Å². The van der Waals surface area contributed by atoms with E-state index in [2.05, 4.69) is 0 Å². The maximum absolute atomic E-state index is 10.2. The highest BCUT2D eigenvalue weighted by molar-refractivity contribution is 5.51. The molecule has 70 valence electrons. The van der Waals surface area contributed by atoms with Crippen LogP contribution >= 0.6 is 0 Å². The van der Waals surface area contributed by atoms with Crippen LogP contribution in [-0.4, -0.2) is 27.7 Å². The number of carbonyl (C=O) groups excluding carboxylic acids is 1. The molecule has 0 bridgehead atoms. The molecule has 0 unspecified atom stereocenters. The average Bonchev–Trinajstić information content (AvgIpc) is 1.98. The molecule has 1 saturated carbocycles. The molecule has 1 rings (SSSR count). The summed E-state index contributed by atoms with van der Waals surface area (Å²) in [6, 6.07) is 0. The topological polar surface area (TPSA) is 57.5 Å². The summed E-state index contributed by atoms with van der Waals surface area (Å²) in [7, 11) is 0. The molecule has 0 aromatic carbocycles. The van der Waals surface area contributed by atoms with E-state index in [1.807, 2.05) is 0 Å². The van der Waals surface area contributed by atoms with Gasteiger partial charge in [0.15, 0.2) is 0 Å². The molecule has 0 heterocycles. The molecule has 3 nitrogen and oxygen atoms in total. The van der Waals surface area contributed by atoms with Crippen molar-refractivity contribution in [3.63, 3.8) is 0 Å². The van der Waals surface area contributed by atoms with Crippen LogP contribution in [0.25, 0.3) is 0 Å². The van der Waals surface area contributed by atoms with Crippen LogP contribution in [0.4, 0.5) is 0 Å². The fourth-order valence-corrected chi connectivity index (χ4v) is 1.61. The summed E-state index contributed by atoms with van der Waals surface area (Å²) in [5.41, 5.74) is -1.49. The van der Waals surface area contributed by atoms with E-state index in [0.29, 0.717) is 25.7 Å². The minimum absolute atomic E-state index is 0.198. The van der Waals surface area contributed by atoms with E-state index < -0.39 is 11.2 Å². The third-order valence-corrected chi connectivity index (χ3v) is 2.72. The molecule has 0 atom stereocenters. The van der Waals surface area contributed by atoms with Gasteiger partial charge in [-0.15, -0.1) is 0 Å². The Morgan fingerprint density at radius 1 is 1.25 bits per heavy atom. The van der Waals surface area contributed by atoms with Gasteiger partial charge < -0.3 is 15.0 Å². The maximum atomic E-state index is 10.2. The summed E-state index contributed by atoms with van der Waals surface area (Å²) < 4.78 is 0. The van der Waals surface area contributed by atoms with Gasteiger partial charge in [0.25, 0.3) is 0 Å². The molecule has 0 amide bonds. The molecular weight excluding hydrogens is 156 g/mol. The summed E-state index contributed by atoms with van der Waals surface area (Å²) >= 11 is 0. The number of hydrogen-bond acceptors (Lipinski definition) is 3. The number of aldehydes is 1. The lowest BCUT2D eigenvalue weighted by Crippen LogP contribution is -2.41. The standard InChI is InChI=1S/C9H16O3/c1-8(11)2-4-9(12,5-3-8)6-7-10/h7,11-12H,2-6H2,1H3/t8-,9-. The smallest absolute Gasteiger partial charge is 0.122 e.